The van der Waals surface area contributed by atoms with E-state index in [4.69, 9.17) is 4.74 Å². The van der Waals surface area contributed by atoms with Crippen molar-refractivity contribution in [3.05, 3.63) is 35.7 Å². The molecule has 0 fully saturated rings. The maximum Gasteiger partial charge on any atom is 0.339 e. The minimum atomic E-state index is -4.36. The Morgan fingerprint density at radius 2 is 1.74 bits per heavy atom. The summed E-state index contributed by atoms with van der Waals surface area (Å²) < 4.78 is 36.0. The molecule has 0 atom stereocenters. The summed E-state index contributed by atoms with van der Waals surface area (Å²) in [5, 5.41) is 2.16. The number of amides is 2. The zero-order valence-corrected chi connectivity index (χ0v) is 17.4. The summed E-state index contributed by atoms with van der Waals surface area (Å²) in [5.74, 6) is -0.807. The van der Waals surface area contributed by atoms with E-state index in [0.29, 0.717) is 0 Å². The molecule has 0 aliphatic carbocycles. The van der Waals surface area contributed by atoms with Crippen LogP contribution in [-0.4, -0.2) is 67.2 Å². The molecule has 0 aliphatic rings. The fourth-order valence-corrected chi connectivity index (χ4v) is 2.99. The molecule has 0 unspecified atom stereocenters. The number of aryl methyl sites for hydroxylation is 1. The van der Waals surface area contributed by atoms with Crippen LogP contribution in [0.25, 0.3) is 0 Å². The van der Waals surface area contributed by atoms with Gasteiger partial charge in [0.05, 0.1) is 19.8 Å². The summed E-state index contributed by atoms with van der Waals surface area (Å²) in [6, 6.07) is 4.12. The standard InChI is InChI=1S/C14H15N5O6S.Ge/c1-8-15-12(18-14(16-8)25-3)17-13(21)19-26(22,23)10-7-5-4-6-9(10)11(20)24-2;/h4-7H,1-3H3,(H2,15,16,17,18,19,21);. The van der Waals surface area contributed by atoms with Gasteiger partial charge in [-0.25, -0.2) is 22.7 Å². The number of esters is 1. The fraction of sp³-hybridized carbons (Fsp3) is 0.214. The zero-order chi connectivity index (χ0) is 19.3. The molecule has 0 bridgehead atoms. The normalized spacial score (nSPS) is 10.3. The van der Waals surface area contributed by atoms with Crippen molar-refractivity contribution in [1.29, 1.82) is 0 Å². The minimum absolute atomic E-state index is 0. The van der Waals surface area contributed by atoms with Crippen LogP contribution in [0.4, 0.5) is 10.7 Å². The molecular weight excluding hydrogens is 439 g/mol. The molecule has 0 saturated carbocycles. The van der Waals surface area contributed by atoms with Gasteiger partial charge in [0.2, 0.25) is 5.95 Å². The van der Waals surface area contributed by atoms with Crippen molar-refractivity contribution < 1.29 is 27.5 Å². The number of ether oxygens (including phenoxy) is 2. The van der Waals surface area contributed by atoms with Gasteiger partial charge < -0.3 is 9.47 Å². The monoisotopic (exact) mass is 455 g/mol. The van der Waals surface area contributed by atoms with Gasteiger partial charge in [0.15, 0.2) is 0 Å². The Morgan fingerprint density at radius 3 is 2.37 bits per heavy atom. The Bertz CT molecular complexity index is 953. The number of sulfonamides is 1. The predicted molar refractivity (Wildman–Crippen MR) is 94.0 cm³/mol. The Hall–Kier alpha value is -2.74. The van der Waals surface area contributed by atoms with E-state index in [0.717, 1.165) is 13.2 Å². The van der Waals surface area contributed by atoms with E-state index in [9.17, 15) is 18.0 Å². The summed E-state index contributed by atoms with van der Waals surface area (Å²) in [6.07, 6.45) is 0. The fourth-order valence-electron chi connectivity index (χ4n) is 1.89. The minimum Gasteiger partial charge on any atom is -0.467 e. The maximum absolute atomic E-state index is 12.4. The second-order valence-electron chi connectivity index (χ2n) is 4.74. The number of rotatable bonds is 5. The van der Waals surface area contributed by atoms with E-state index in [1.165, 1.54) is 32.2 Å². The second-order valence-corrected chi connectivity index (χ2v) is 6.39. The van der Waals surface area contributed by atoms with Crippen molar-refractivity contribution in [1.82, 2.24) is 19.7 Å². The van der Waals surface area contributed by atoms with E-state index in [1.807, 2.05) is 0 Å². The molecule has 2 N–H and O–H groups in total. The molecule has 2 amide bonds. The second kappa shape index (κ2) is 9.27. The Kier molecular flexibility index (Phi) is 7.66. The predicted octanol–water partition coefficient (Wildman–Crippen LogP) is 0.105. The Labute approximate surface area is 165 Å². The molecule has 13 heteroatoms. The summed E-state index contributed by atoms with van der Waals surface area (Å²) >= 11 is 0. The summed E-state index contributed by atoms with van der Waals surface area (Å²) in [7, 11) is -1.92. The van der Waals surface area contributed by atoms with Crippen molar-refractivity contribution in [3.63, 3.8) is 0 Å². The van der Waals surface area contributed by atoms with Crippen LogP contribution in [0.2, 0.25) is 0 Å². The van der Waals surface area contributed by atoms with Crippen LogP contribution in [0, 0.1) is 6.92 Å². The first-order valence-electron chi connectivity index (χ1n) is 7.04. The molecule has 4 radical (unpaired) electrons. The molecule has 1 aromatic carbocycles. The number of hydrogen-bond acceptors (Lipinski definition) is 9. The van der Waals surface area contributed by atoms with Gasteiger partial charge in [0.1, 0.15) is 10.7 Å². The number of benzene rings is 1. The van der Waals surface area contributed by atoms with Crippen molar-refractivity contribution in [2.75, 3.05) is 19.5 Å². The largest absolute Gasteiger partial charge is 0.467 e. The van der Waals surface area contributed by atoms with Gasteiger partial charge in [0.25, 0.3) is 10.0 Å². The average molecular weight is 454 g/mol. The van der Waals surface area contributed by atoms with Crippen molar-refractivity contribution in [2.24, 2.45) is 0 Å². The van der Waals surface area contributed by atoms with Crippen LogP contribution >= 0.6 is 0 Å². The van der Waals surface area contributed by atoms with Crippen LogP contribution in [0.1, 0.15) is 16.2 Å². The molecule has 27 heavy (non-hydrogen) atoms. The number of nitrogens with one attached hydrogen (secondary N) is 2. The number of hydrogen-bond donors (Lipinski definition) is 2. The smallest absolute Gasteiger partial charge is 0.339 e. The third-order valence-electron chi connectivity index (χ3n) is 2.94. The first-order valence-corrected chi connectivity index (χ1v) is 8.53. The molecule has 0 saturated heterocycles. The van der Waals surface area contributed by atoms with Crippen LogP contribution in [0.3, 0.4) is 0 Å². The van der Waals surface area contributed by atoms with Crippen LogP contribution in [-0.2, 0) is 14.8 Å². The number of anilines is 1. The van der Waals surface area contributed by atoms with Crippen LogP contribution in [0.15, 0.2) is 29.2 Å². The molecule has 1 heterocycles. The topological polar surface area (TPSA) is 149 Å². The quantitative estimate of drug-likeness (QED) is 0.474. The van der Waals surface area contributed by atoms with E-state index >= 15 is 0 Å². The number of methoxy groups -OCH3 is 2. The van der Waals surface area contributed by atoms with Gasteiger partial charge in [-0.05, 0) is 19.1 Å². The van der Waals surface area contributed by atoms with Gasteiger partial charge in [-0.2, -0.15) is 15.0 Å². The number of carbonyl (C=O) groups excluding carboxylic acids is 2. The molecule has 2 rings (SSSR count). The van der Waals surface area contributed by atoms with Gasteiger partial charge in [-0.1, -0.05) is 12.1 Å². The van der Waals surface area contributed by atoms with Crippen molar-refractivity contribution in [2.45, 2.75) is 11.8 Å². The van der Waals surface area contributed by atoms with Crippen molar-refractivity contribution in [3.8, 4) is 6.01 Å². The van der Waals surface area contributed by atoms with Gasteiger partial charge >= 0.3 is 18.0 Å². The van der Waals surface area contributed by atoms with E-state index in [-0.39, 0.29) is 40.9 Å². The SMILES string of the molecule is COC(=O)c1ccccc1S(=O)(=O)NC(=O)Nc1nc(C)nc(OC)n1.[Ge]. The van der Waals surface area contributed by atoms with E-state index in [1.54, 1.807) is 4.72 Å². The Morgan fingerprint density at radius 1 is 1.07 bits per heavy atom. The first kappa shape index (κ1) is 22.3. The molecule has 1 aromatic heterocycles. The number of aromatic nitrogens is 3. The number of nitrogens with zero attached hydrogens (tertiary/aromatic N) is 3. The molecule has 2 aromatic rings. The van der Waals surface area contributed by atoms with Crippen LogP contribution < -0.4 is 14.8 Å². The third-order valence-corrected chi connectivity index (χ3v) is 4.33. The van der Waals surface area contributed by atoms with Crippen molar-refractivity contribution >= 4 is 45.6 Å². The summed E-state index contributed by atoms with van der Waals surface area (Å²) in [4.78, 5) is 34.7. The number of urea groups is 1. The number of carbonyl (C=O) groups is 2. The van der Waals surface area contributed by atoms with E-state index in [2.05, 4.69) is 25.0 Å². The van der Waals surface area contributed by atoms with Gasteiger partial charge in [0, 0.05) is 17.6 Å². The molecule has 11 nitrogen and oxygen atoms in total. The van der Waals surface area contributed by atoms with Crippen LogP contribution in [0.5, 0.6) is 6.01 Å². The summed E-state index contributed by atoms with van der Waals surface area (Å²) in [6.45, 7) is 1.54. The molecule has 0 aliphatic heterocycles. The first-order chi connectivity index (χ1) is 12.3. The molecule has 0 spiro atoms. The Balaban J connectivity index is 0.00000364. The van der Waals surface area contributed by atoms with Gasteiger partial charge in [-0.3, -0.25) is 5.32 Å². The molecular formula is C14H15GeN5O6S. The molecule has 142 valence electrons. The average Bonchev–Trinajstić information content (AvgIpc) is 2.59. The van der Waals surface area contributed by atoms with E-state index < -0.39 is 26.9 Å². The summed E-state index contributed by atoms with van der Waals surface area (Å²) in [5.41, 5.74) is -0.215. The zero-order valence-electron chi connectivity index (χ0n) is 14.5. The maximum atomic E-state index is 12.4. The van der Waals surface area contributed by atoms with Gasteiger partial charge in [-0.15, -0.1) is 0 Å². The third kappa shape index (κ3) is 5.62.